The Morgan fingerprint density at radius 1 is 0.548 bits per heavy atom. The van der Waals surface area contributed by atoms with E-state index in [1.54, 1.807) is 5.57 Å². The maximum Gasteiger partial charge on any atom is -1.00 e. The molecule has 0 saturated carbocycles. The molecule has 1 aliphatic rings. The van der Waals surface area contributed by atoms with Crippen LogP contribution < -0.4 is 52.8 Å². The zero-order valence-corrected chi connectivity index (χ0v) is 30.7. The second-order valence-corrected chi connectivity index (χ2v) is 17.4. The van der Waals surface area contributed by atoms with Gasteiger partial charge in [-0.1, -0.05) is 0 Å². The zero-order valence-electron chi connectivity index (χ0n) is 25.9. The summed E-state index contributed by atoms with van der Waals surface area (Å²) in [5.41, 5.74) is 5.96. The largest absolute Gasteiger partial charge is 1.00 e. The van der Waals surface area contributed by atoms with E-state index in [-0.39, 0.29) is 40.6 Å². The molecule has 0 nitrogen and oxygen atoms in total. The molecule has 5 heteroatoms. The van der Waals surface area contributed by atoms with Crippen molar-refractivity contribution in [2.45, 2.75) is 95.2 Å². The molecule has 0 bridgehead atoms. The quantitative estimate of drug-likeness (QED) is 0.158. The standard InChI is InChI=1S/C37H47Si.3ClH.Ti/c1-5-9-13-30-18-24-34(25-19-30)38(37-17-12-16-33(37)8-4,35-26-20-31(21-27-35)14-10-6-2)36-28-22-32(23-29-36)15-11-7-3;;;;/h12,16-29H,5-11,13-15H2,1-4H3;3*1H;/q;;;;+3/p-3. The van der Waals surface area contributed by atoms with Crippen LogP contribution >= 0.6 is 0 Å². The summed E-state index contributed by atoms with van der Waals surface area (Å²) in [6.45, 7) is 9.19. The van der Waals surface area contributed by atoms with Crippen molar-refractivity contribution < 1.29 is 57.7 Å². The average Bonchev–Trinajstić information content (AvgIpc) is 3.37. The Bertz CT molecular complexity index is 1120. The van der Waals surface area contributed by atoms with Crippen LogP contribution in [0.4, 0.5) is 0 Å². The van der Waals surface area contributed by atoms with E-state index in [9.17, 15) is 0 Å². The van der Waals surface area contributed by atoms with Gasteiger partial charge in [-0.3, -0.25) is 0 Å². The van der Waals surface area contributed by atoms with Gasteiger partial charge in [0.05, 0.1) is 0 Å². The topological polar surface area (TPSA) is 0 Å². The summed E-state index contributed by atoms with van der Waals surface area (Å²) in [6.07, 6.45) is 19.3. The third-order valence-electron chi connectivity index (χ3n) is 8.74. The predicted molar refractivity (Wildman–Crippen MR) is 170 cm³/mol. The molecule has 3 aromatic rings. The predicted octanol–water partition coefficient (Wildman–Crippen LogP) is -0.652. The van der Waals surface area contributed by atoms with E-state index in [1.165, 1.54) is 90.0 Å². The molecule has 1 unspecified atom stereocenters. The van der Waals surface area contributed by atoms with E-state index in [1.807, 2.05) is 0 Å². The fourth-order valence-corrected chi connectivity index (χ4v) is 14.4. The molecule has 0 fully saturated rings. The maximum absolute atomic E-state index is 2.54. The van der Waals surface area contributed by atoms with Gasteiger partial charge >= 0.3 is 253 Å². The van der Waals surface area contributed by atoms with Gasteiger partial charge in [0.15, 0.2) is 0 Å². The molecular weight excluding hydrogens is 627 g/mol. The molecule has 0 saturated heterocycles. The fraction of sp³-hybridized carbons (Fsp3) is 0.405. The summed E-state index contributed by atoms with van der Waals surface area (Å²) in [5.74, 6) is 0. The molecule has 224 valence electrons. The molecule has 1 aliphatic carbocycles. The molecule has 1 atom stereocenters. The molecule has 42 heavy (non-hydrogen) atoms. The van der Waals surface area contributed by atoms with E-state index in [2.05, 4.69) is 139 Å². The van der Waals surface area contributed by atoms with E-state index in [4.69, 9.17) is 0 Å². The molecule has 0 aliphatic heterocycles. The number of hydrogen-bond acceptors (Lipinski definition) is 0. The first-order valence-corrected chi connectivity index (χ1v) is 18.2. The average molecular weight is 674 g/mol. The molecule has 0 heterocycles. The van der Waals surface area contributed by atoms with Crippen molar-refractivity contribution >= 4 is 23.6 Å². The second kappa shape index (κ2) is 18.7. The molecule has 0 radical (unpaired) electrons. The number of allylic oxidation sites excluding steroid dienone is 4. The van der Waals surface area contributed by atoms with Crippen molar-refractivity contribution in [3.63, 3.8) is 0 Å². The Morgan fingerprint density at radius 3 is 1.17 bits per heavy atom. The molecule has 3 aromatic carbocycles. The summed E-state index contributed by atoms with van der Waals surface area (Å²) in [5, 5.41) is 4.58. The SMILES string of the molecule is CCCCc1ccc([Si](c2ccc(CCCC)cc2)(c2ccc(CCCC)cc2)[C]2([Ti+3])C=CC=C2CC)cc1.[Cl-].[Cl-].[Cl-]. The molecule has 4 rings (SSSR count). The van der Waals surface area contributed by atoms with Gasteiger partial charge in [-0.2, -0.15) is 0 Å². The minimum absolute atomic E-state index is 0. The first-order valence-electron chi connectivity index (χ1n) is 15.5. The van der Waals surface area contributed by atoms with Crippen LogP contribution in [0.2, 0.25) is 3.34 Å². The van der Waals surface area contributed by atoms with Crippen LogP contribution in [0.1, 0.15) is 89.3 Å². The van der Waals surface area contributed by atoms with Gasteiger partial charge in [0, 0.05) is 0 Å². The minimum atomic E-state index is -2.52. The van der Waals surface area contributed by atoms with Crippen LogP contribution in [0.15, 0.2) is 96.6 Å². The second-order valence-electron chi connectivity index (χ2n) is 11.4. The zero-order chi connectivity index (χ0) is 27.7. The van der Waals surface area contributed by atoms with Gasteiger partial charge in [0.25, 0.3) is 0 Å². The molecular formula is C37H47Cl3SiTi. The van der Waals surface area contributed by atoms with Gasteiger partial charge < -0.3 is 37.2 Å². The monoisotopic (exact) mass is 672 g/mol. The van der Waals surface area contributed by atoms with Gasteiger partial charge in [-0.25, -0.2) is 0 Å². The normalized spacial score (nSPS) is 15.8. The number of aryl methyl sites for hydroxylation is 3. The summed E-state index contributed by atoms with van der Waals surface area (Å²) >= 11 is 2.54. The summed E-state index contributed by atoms with van der Waals surface area (Å²) < 4.78 is -0.0252. The third kappa shape index (κ3) is 8.15. The Balaban J connectivity index is 0.00000294. The maximum atomic E-state index is 2.54. The third-order valence-corrected chi connectivity index (χ3v) is 16.5. The Morgan fingerprint density at radius 2 is 0.881 bits per heavy atom. The minimum Gasteiger partial charge on any atom is -1.00 e. The van der Waals surface area contributed by atoms with E-state index >= 15 is 0 Å². The Kier molecular flexibility index (Phi) is 17.3. The van der Waals surface area contributed by atoms with Crippen LogP contribution in [0.5, 0.6) is 0 Å². The number of benzene rings is 3. The number of unbranched alkanes of at least 4 members (excludes halogenated alkanes) is 3. The van der Waals surface area contributed by atoms with E-state index in [0.717, 1.165) is 6.42 Å². The van der Waals surface area contributed by atoms with Crippen molar-refractivity contribution in [3.05, 3.63) is 113 Å². The first-order chi connectivity index (χ1) is 19.0. The van der Waals surface area contributed by atoms with Crippen LogP contribution in [0, 0.1) is 0 Å². The molecule has 0 amide bonds. The van der Waals surface area contributed by atoms with Gasteiger partial charge in [-0.15, -0.1) is 0 Å². The van der Waals surface area contributed by atoms with Gasteiger partial charge in [-0.05, 0) is 0 Å². The van der Waals surface area contributed by atoms with E-state index in [0.29, 0.717) is 0 Å². The van der Waals surface area contributed by atoms with Crippen molar-refractivity contribution in [3.8, 4) is 0 Å². The molecule has 0 N–H and O–H groups in total. The van der Waals surface area contributed by atoms with Crippen LogP contribution in [-0.4, -0.2) is 8.07 Å². The fourth-order valence-electron chi connectivity index (χ4n) is 6.40. The number of halogens is 3. The molecule has 0 spiro atoms. The van der Waals surface area contributed by atoms with Crippen LogP contribution in [-0.2, 0) is 39.7 Å². The van der Waals surface area contributed by atoms with Crippen LogP contribution in [0.25, 0.3) is 0 Å². The van der Waals surface area contributed by atoms with Crippen LogP contribution in [0.3, 0.4) is 0 Å². The van der Waals surface area contributed by atoms with Crippen molar-refractivity contribution in [1.29, 1.82) is 0 Å². The van der Waals surface area contributed by atoms with Gasteiger partial charge in [0.2, 0.25) is 0 Å². The van der Waals surface area contributed by atoms with E-state index < -0.39 is 8.07 Å². The van der Waals surface area contributed by atoms with Gasteiger partial charge in [0.1, 0.15) is 0 Å². The molecule has 0 aromatic heterocycles. The van der Waals surface area contributed by atoms with Crippen molar-refractivity contribution in [1.82, 2.24) is 0 Å². The number of rotatable bonds is 14. The van der Waals surface area contributed by atoms with Crippen molar-refractivity contribution in [2.75, 3.05) is 0 Å². The summed E-state index contributed by atoms with van der Waals surface area (Å²) in [4.78, 5) is 0. The smallest absolute Gasteiger partial charge is 1.00 e. The Hall–Kier alpha value is -1.06. The Labute approximate surface area is 287 Å². The first kappa shape index (κ1) is 39.0. The van der Waals surface area contributed by atoms with Crippen molar-refractivity contribution in [2.24, 2.45) is 0 Å². The summed E-state index contributed by atoms with van der Waals surface area (Å²) in [6, 6.07) is 29.5. The summed E-state index contributed by atoms with van der Waals surface area (Å²) in [7, 11) is -2.52. The number of hydrogen-bond donors (Lipinski definition) is 0.